The lowest BCUT2D eigenvalue weighted by atomic mass is 10.1. The van der Waals surface area contributed by atoms with E-state index in [0.29, 0.717) is 29.5 Å². The smallest absolute Gasteiger partial charge is 0.253 e. The van der Waals surface area contributed by atoms with E-state index in [1.165, 1.54) is 0 Å². The number of nitrogens with zero attached hydrogens (tertiary/aromatic N) is 2. The van der Waals surface area contributed by atoms with Gasteiger partial charge < -0.3 is 9.64 Å². The molecule has 26 heavy (non-hydrogen) atoms. The normalized spacial score (nSPS) is 10.4. The molecular formula is C21H19ClN2O2. The van der Waals surface area contributed by atoms with Gasteiger partial charge in [-0.25, -0.2) is 0 Å². The number of hydrogen-bond donors (Lipinski definition) is 0. The standard InChI is InChI=1S/C21H19ClN2O2/c1-24(14-16-4-2-6-19(22)12-16)21(25)18-7-9-20(10-8-18)26-15-17-5-3-11-23-13-17/h2-13H,14-15H2,1H3. The van der Waals surface area contributed by atoms with Gasteiger partial charge in [-0.1, -0.05) is 29.8 Å². The topological polar surface area (TPSA) is 42.4 Å². The molecule has 132 valence electrons. The summed E-state index contributed by atoms with van der Waals surface area (Å²) in [6.45, 7) is 0.939. The molecule has 1 heterocycles. The van der Waals surface area contributed by atoms with Crippen molar-refractivity contribution < 1.29 is 9.53 Å². The zero-order valence-electron chi connectivity index (χ0n) is 14.4. The maximum Gasteiger partial charge on any atom is 0.253 e. The van der Waals surface area contributed by atoms with E-state index in [1.807, 2.05) is 36.4 Å². The van der Waals surface area contributed by atoms with Crippen LogP contribution in [0, 0.1) is 0 Å². The molecule has 0 aliphatic heterocycles. The van der Waals surface area contributed by atoms with Crippen molar-refractivity contribution in [3.63, 3.8) is 0 Å². The van der Waals surface area contributed by atoms with Crippen LogP contribution in [0.15, 0.2) is 73.1 Å². The molecule has 0 bridgehead atoms. The largest absolute Gasteiger partial charge is 0.489 e. The molecule has 5 heteroatoms. The van der Waals surface area contributed by atoms with Crippen molar-refractivity contribution in [2.45, 2.75) is 13.2 Å². The van der Waals surface area contributed by atoms with Crippen LogP contribution >= 0.6 is 11.6 Å². The van der Waals surface area contributed by atoms with Crippen molar-refractivity contribution in [2.75, 3.05) is 7.05 Å². The number of halogens is 1. The minimum Gasteiger partial charge on any atom is -0.489 e. The fourth-order valence-electron chi connectivity index (χ4n) is 2.55. The minimum atomic E-state index is -0.0521. The van der Waals surface area contributed by atoms with Crippen LogP contribution in [0.5, 0.6) is 5.75 Å². The Hall–Kier alpha value is -2.85. The highest BCUT2D eigenvalue weighted by atomic mass is 35.5. The Kier molecular flexibility index (Phi) is 5.87. The minimum absolute atomic E-state index is 0.0521. The van der Waals surface area contributed by atoms with E-state index in [0.717, 1.165) is 11.1 Å². The summed E-state index contributed by atoms with van der Waals surface area (Å²) in [5.74, 6) is 0.659. The second-order valence-corrected chi connectivity index (χ2v) is 6.40. The van der Waals surface area contributed by atoms with Gasteiger partial charge in [0.2, 0.25) is 0 Å². The molecule has 0 fully saturated rings. The Balaban J connectivity index is 1.59. The zero-order valence-corrected chi connectivity index (χ0v) is 15.2. The molecule has 4 nitrogen and oxygen atoms in total. The third-order valence-electron chi connectivity index (χ3n) is 3.89. The van der Waals surface area contributed by atoms with Crippen LogP contribution in [0.1, 0.15) is 21.5 Å². The Labute approximate surface area is 158 Å². The van der Waals surface area contributed by atoms with Crippen LogP contribution in [-0.2, 0) is 13.2 Å². The highest BCUT2D eigenvalue weighted by Crippen LogP contribution is 2.17. The molecule has 3 rings (SSSR count). The van der Waals surface area contributed by atoms with Gasteiger partial charge in [0.25, 0.3) is 5.91 Å². The average molecular weight is 367 g/mol. The van der Waals surface area contributed by atoms with Crippen molar-refractivity contribution in [3.8, 4) is 5.75 Å². The first-order chi connectivity index (χ1) is 12.6. The third kappa shape index (κ3) is 4.83. The highest BCUT2D eigenvalue weighted by Gasteiger charge is 2.12. The number of ether oxygens (including phenoxy) is 1. The van der Waals surface area contributed by atoms with Gasteiger partial charge in [0.15, 0.2) is 0 Å². The number of amides is 1. The summed E-state index contributed by atoms with van der Waals surface area (Å²) < 4.78 is 5.72. The molecule has 2 aromatic carbocycles. The predicted octanol–water partition coefficient (Wildman–Crippen LogP) is 4.59. The van der Waals surface area contributed by atoms with Crippen LogP contribution in [0.2, 0.25) is 5.02 Å². The molecule has 0 unspecified atom stereocenters. The summed E-state index contributed by atoms with van der Waals surface area (Å²) in [6, 6.07) is 18.5. The lowest BCUT2D eigenvalue weighted by Gasteiger charge is -2.17. The summed E-state index contributed by atoms with van der Waals surface area (Å²) in [4.78, 5) is 18.3. The van der Waals surface area contributed by atoms with Gasteiger partial charge >= 0.3 is 0 Å². The quantitative estimate of drug-likeness (QED) is 0.641. The summed E-state index contributed by atoms with van der Waals surface area (Å²) in [5, 5.41) is 0.665. The van der Waals surface area contributed by atoms with E-state index in [4.69, 9.17) is 16.3 Å². The molecule has 0 atom stereocenters. The lowest BCUT2D eigenvalue weighted by Crippen LogP contribution is -2.26. The predicted molar refractivity (Wildman–Crippen MR) is 102 cm³/mol. The van der Waals surface area contributed by atoms with E-state index < -0.39 is 0 Å². The van der Waals surface area contributed by atoms with Crippen LogP contribution in [0.3, 0.4) is 0 Å². The molecule has 0 N–H and O–H groups in total. The molecule has 0 radical (unpaired) electrons. The van der Waals surface area contributed by atoms with Crippen LogP contribution in [0.4, 0.5) is 0 Å². The van der Waals surface area contributed by atoms with Crippen LogP contribution in [-0.4, -0.2) is 22.8 Å². The SMILES string of the molecule is CN(Cc1cccc(Cl)c1)C(=O)c1ccc(OCc2cccnc2)cc1. The van der Waals surface area contributed by atoms with Gasteiger partial charge in [-0.2, -0.15) is 0 Å². The van der Waals surface area contributed by atoms with Gasteiger partial charge in [0.05, 0.1) is 0 Å². The van der Waals surface area contributed by atoms with Gasteiger partial charge in [-0.3, -0.25) is 9.78 Å². The van der Waals surface area contributed by atoms with E-state index in [1.54, 1.807) is 48.6 Å². The Bertz CT molecular complexity index is 867. The van der Waals surface area contributed by atoms with Crippen LogP contribution < -0.4 is 4.74 Å². The monoisotopic (exact) mass is 366 g/mol. The third-order valence-corrected chi connectivity index (χ3v) is 4.12. The average Bonchev–Trinajstić information content (AvgIpc) is 2.67. The summed E-state index contributed by atoms with van der Waals surface area (Å²) in [7, 11) is 1.77. The Morgan fingerprint density at radius 1 is 1.08 bits per heavy atom. The van der Waals surface area contributed by atoms with Crippen molar-refractivity contribution in [2.24, 2.45) is 0 Å². The summed E-state index contributed by atoms with van der Waals surface area (Å²) in [6.07, 6.45) is 3.49. The Morgan fingerprint density at radius 3 is 2.54 bits per heavy atom. The number of hydrogen-bond acceptors (Lipinski definition) is 3. The van der Waals surface area contributed by atoms with Crippen molar-refractivity contribution >= 4 is 17.5 Å². The van der Waals surface area contributed by atoms with Gasteiger partial charge in [-0.05, 0) is 48.0 Å². The summed E-state index contributed by atoms with van der Waals surface area (Å²) >= 11 is 6.00. The van der Waals surface area contributed by atoms with Gasteiger partial charge in [0, 0.05) is 42.1 Å². The van der Waals surface area contributed by atoms with E-state index in [2.05, 4.69) is 4.98 Å². The number of aromatic nitrogens is 1. The van der Waals surface area contributed by atoms with Crippen LogP contribution in [0.25, 0.3) is 0 Å². The molecule has 0 spiro atoms. The molecule has 0 aliphatic rings. The number of rotatable bonds is 6. The molecule has 0 aliphatic carbocycles. The molecule has 1 aromatic heterocycles. The second kappa shape index (κ2) is 8.50. The lowest BCUT2D eigenvalue weighted by molar-refractivity contribution is 0.0785. The van der Waals surface area contributed by atoms with Crippen molar-refractivity contribution in [1.82, 2.24) is 9.88 Å². The first-order valence-electron chi connectivity index (χ1n) is 8.23. The van der Waals surface area contributed by atoms with Gasteiger partial charge in [0.1, 0.15) is 12.4 Å². The first-order valence-corrected chi connectivity index (χ1v) is 8.61. The fourth-order valence-corrected chi connectivity index (χ4v) is 2.76. The van der Waals surface area contributed by atoms with E-state index in [-0.39, 0.29) is 5.91 Å². The fraction of sp³-hybridized carbons (Fsp3) is 0.143. The van der Waals surface area contributed by atoms with Crippen molar-refractivity contribution in [3.05, 3.63) is 94.8 Å². The maximum atomic E-state index is 12.6. The number of carbonyl (C=O) groups excluding carboxylic acids is 1. The molecular weight excluding hydrogens is 348 g/mol. The first kappa shape index (κ1) is 18.0. The molecule has 3 aromatic rings. The van der Waals surface area contributed by atoms with E-state index in [9.17, 15) is 4.79 Å². The molecule has 1 amide bonds. The number of carbonyl (C=O) groups is 1. The number of benzene rings is 2. The van der Waals surface area contributed by atoms with E-state index >= 15 is 0 Å². The molecule has 0 saturated heterocycles. The highest BCUT2D eigenvalue weighted by molar-refractivity contribution is 6.30. The Morgan fingerprint density at radius 2 is 1.85 bits per heavy atom. The summed E-state index contributed by atoms with van der Waals surface area (Å²) in [5.41, 5.74) is 2.60. The number of pyridine rings is 1. The van der Waals surface area contributed by atoms with Crippen molar-refractivity contribution in [1.29, 1.82) is 0 Å². The molecule has 0 saturated carbocycles. The van der Waals surface area contributed by atoms with Gasteiger partial charge in [-0.15, -0.1) is 0 Å². The zero-order chi connectivity index (χ0) is 18.4. The second-order valence-electron chi connectivity index (χ2n) is 5.97. The maximum absolute atomic E-state index is 12.6.